The maximum absolute atomic E-state index is 11.0. The first kappa shape index (κ1) is 25.2. The normalized spacial score (nSPS) is 14.0. The Labute approximate surface area is 216 Å². The van der Waals surface area contributed by atoms with Crippen LogP contribution in [0.5, 0.6) is 11.6 Å². The lowest BCUT2D eigenvalue weighted by molar-refractivity contribution is -0.138. The van der Waals surface area contributed by atoms with Gasteiger partial charge in [0.15, 0.2) is 0 Å². The van der Waals surface area contributed by atoms with E-state index in [-0.39, 0.29) is 12.4 Å². The van der Waals surface area contributed by atoms with Crippen molar-refractivity contribution in [2.75, 3.05) is 13.1 Å². The number of aliphatic imine (C=N–C) groups is 1. The van der Waals surface area contributed by atoms with Crippen molar-refractivity contribution in [1.29, 1.82) is 0 Å². The number of amidine groups is 1. The molecule has 0 fully saturated rings. The van der Waals surface area contributed by atoms with E-state index < -0.39 is 11.9 Å². The molecule has 0 aliphatic carbocycles. The Hall–Kier alpha value is -3.90. The summed E-state index contributed by atoms with van der Waals surface area (Å²) in [5.74, 6) is 1.18. The number of pyridine rings is 1. The van der Waals surface area contributed by atoms with Crippen molar-refractivity contribution in [2.45, 2.75) is 25.7 Å². The monoisotopic (exact) mass is 501 g/mol. The fourth-order valence-corrected chi connectivity index (χ4v) is 4.40. The second-order valence-corrected chi connectivity index (χ2v) is 8.74. The van der Waals surface area contributed by atoms with Crippen molar-refractivity contribution < 1.29 is 14.6 Å². The molecule has 184 valence electrons. The Morgan fingerprint density at radius 1 is 1.06 bits per heavy atom. The summed E-state index contributed by atoms with van der Waals surface area (Å²) in [4.78, 5) is 19.7. The molecule has 0 spiro atoms. The van der Waals surface area contributed by atoms with Crippen molar-refractivity contribution >= 4 is 35.0 Å². The Kier molecular flexibility index (Phi) is 7.86. The summed E-state index contributed by atoms with van der Waals surface area (Å²) in [6.45, 7) is 3.59. The smallest absolute Gasteiger partial charge is 0.310 e. The summed E-state index contributed by atoms with van der Waals surface area (Å²) in [5, 5.41) is 15.0. The lowest BCUT2D eigenvalue weighted by Crippen LogP contribution is -2.20. The molecule has 3 aromatic carbocycles. The van der Waals surface area contributed by atoms with Gasteiger partial charge in [-0.3, -0.25) is 9.79 Å². The largest absolute Gasteiger partial charge is 0.481 e. The standard InChI is InChI=1S/C15H13NO3.C14H14N2.ClH/c1-9(15(17)18)10-4-5-13-12(7-10)8-11-3-2-6-16-14(11)19-13;1-2-7-13-11(4-1)5-3-6-12(13)10-14-15-8-9-16-14;/h2-7,9H,8H2,1H3,(H,17,18);1-7H,8-10H2,(H,15,16);1H. The quantitative estimate of drug-likeness (QED) is 0.326. The van der Waals surface area contributed by atoms with Gasteiger partial charge in [-0.2, -0.15) is 0 Å². The number of aromatic nitrogens is 1. The zero-order valence-corrected chi connectivity index (χ0v) is 20.8. The number of benzene rings is 3. The van der Waals surface area contributed by atoms with Crippen LogP contribution in [-0.4, -0.2) is 35.0 Å². The fourth-order valence-electron chi connectivity index (χ4n) is 4.40. The molecule has 4 aromatic rings. The minimum Gasteiger partial charge on any atom is -0.481 e. The van der Waals surface area contributed by atoms with E-state index in [2.05, 4.69) is 57.8 Å². The van der Waals surface area contributed by atoms with E-state index in [0.717, 1.165) is 54.2 Å². The van der Waals surface area contributed by atoms with Crippen molar-refractivity contribution in [3.8, 4) is 11.6 Å². The third-order valence-electron chi connectivity index (χ3n) is 6.37. The van der Waals surface area contributed by atoms with Crippen molar-refractivity contribution in [3.05, 3.63) is 101 Å². The van der Waals surface area contributed by atoms with Crippen molar-refractivity contribution in [1.82, 2.24) is 10.3 Å². The van der Waals surface area contributed by atoms with Crippen LogP contribution in [0, 0.1) is 0 Å². The lowest BCUT2D eigenvalue weighted by Gasteiger charge is -2.20. The second-order valence-electron chi connectivity index (χ2n) is 8.74. The van der Waals surface area contributed by atoms with Crippen LogP contribution < -0.4 is 10.1 Å². The summed E-state index contributed by atoms with van der Waals surface area (Å²) in [7, 11) is 0. The van der Waals surface area contributed by atoms with Gasteiger partial charge in [0.2, 0.25) is 5.88 Å². The number of hydrogen-bond donors (Lipinski definition) is 2. The summed E-state index contributed by atoms with van der Waals surface area (Å²) in [6, 6.07) is 24.3. The van der Waals surface area contributed by atoms with E-state index in [1.807, 2.05) is 24.3 Å². The van der Waals surface area contributed by atoms with Gasteiger partial charge >= 0.3 is 5.97 Å². The number of fused-ring (bicyclic) bond motifs is 3. The van der Waals surface area contributed by atoms with E-state index in [0.29, 0.717) is 5.88 Å². The number of carboxylic acids is 1. The van der Waals surface area contributed by atoms with Crippen LogP contribution in [0.25, 0.3) is 10.8 Å². The van der Waals surface area contributed by atoms with Crippen LogP contribution in [0.2, 0.25) is 0 Å². The van der Waals surface area contributed by atoms with Gasteiger partial charge in [-0.05, 0) is 46.5 Å². The Morgan fingerprint density at radius 3 is 2.69 bits per heavy atom. The van der Waals surface area contributed by atoms with Gasteiger partial charge in [0, 0.05) is 31.1 Å². The second kappa shape index (κ2) is 11.2. The molecule has 1 atom stereocenters. The molecule has 6 rings (SSSR count). The number of hydrogen-bond acceptors (Lipinski definition) is 5. The molecule has 1 unspecified atom stereocenters. The van der Waals surface area contributed by atoms with E-state index in [1.54, 1.807) is 19.2 Å². The van der Waals surface area contributed by atoms with Crippen LogP contribution in [0.1, 0.15) is 35.1 Å². The summed E-state index contributed by atoms with van der Waals surface area (Å²) in [5.41, 5.74) is 4.18. The number of ether oxygens (including phenoxy) is 1. The maximum Gasteiger partial charge on any atom is 0.310 e. The molecule has 1 aromatic heterocycles. The third kappa shape index (κ3) is 5.50. The lowest BCUT2D eigenvalue weighted by atomic mass is 9.95. The first-order valence-corrected chi connectivity index (χ1v) is 11.8. The zero-order chi connectivity index (χ0) is 24.2. The van der Waals surface area contributed by atoms with Crippen LogP contribution in [-0.2, 0) is 17.6 Å². The number of halogens is 1. The molecule has 0 bridgehead atoms. The van der Waals surface area contributed by atoms with Gasteiger partial charge in [-0.15, -0.1) is 12.4 Å². The molecular formula is C29H28ClN3O3. The highest BCUT2D eigenvalue weighted by Crippen LogP contribution is 2.36. The van der Waals surface area contributed by atoms with Crippen molar-refractivity contribution in [3.63, 3.8) is 0 Å². The van der Waals surface area contributed by atoms with Gasteiger partial charge in [-0.1, -0.05) is 60.7 Å². The summed E-state index contributed by atoms with van der Waals surface area (Å²) < 4.78 is 5.71. The molecular weight excluding hydrogens is 474 g/mol. The van der Waals surface area contributed by atoms with Crippen LogP contribution in [0.15, 0.2) is 84.0 Å². The van der Waals surface area contributed by atoms with Gasteiger partial charge in [0.05, 0.1) is 12.5 Å². The number of aliphatic carboxylic acids is 1. The minimum absolute atomic E-state index is 0. The maximum atomic E-state index is 11.0. The molecule has 6 nitrogen and oxygen atoms in total. The number of rotatable bonds is 4. The average Bonchev–Trinajstić information content (AvgIpc) is 3.40. The molecule has 2 aliphatic heterocycles. The van der Waals surface area contributed by atoms with Gasteiger partial charge in [-0.25, -0.2) is 4.98 Å². The number of nitrogens with zero attached hydrogens (tertiary/aromatic N) is 2. The molecule has 2 aliphatic rings. The average molecular weight is 502 g/mol. The molecule has 0 radical (unpaired) electrons. The highest BCUT2D eigenvalue weighted by molar-refractivity contribution is 5.92. The Balaban J connectivity index is 0.000000167. The van der Waals surface area contributed by atoms with E-state index in [1.165, 1.54) is 16.3 Å². The van der Waals surface area contributed by atoms with Gasteiger partial charge < -0.3 is 15.2 Å². The highest BCUT2D eigenvalue weighted by Gasteiger charge is 2.20. The van der Waals surface area contributed by atoms with Crippen LogP contribution in [0.4, 0.5) is 0 Å². The molecule has 0 amide bonds. The SMILES string of the molecule is CC(C(=O)O)c1ccc2c(c1)Cc1cccnc1O2.Cl.c1ccc2c(CC3=NCCN3)cccc2c1. The molecule has 7 heteroatoms. The fraction of sp³-hybridized carbons (Fsp3) is 0.207. The molecule has 0 saturated carbocycles. The van der Waals surface area contributed by atoms with E-state index in [4.69, 9.17) is 9.84 Å². The predicted molar refractivity (Wildman–Crippen MR) is 145 cm³/mol. The van der Waals surface area contributed by atoms with E-state index in [9.17, 15) is 4.79 Å². The van der Waals surface area contributed by atoms with E-state index >= 15 is 0 Å². The number of carbonyl (C=O) groups is 1. The molecule has 0 saturated heterocycles. The molecule has 2 N–H and O–H groups in total. The highest BCUT2D eigenvalue weighted by atomic mass is 35.5. The number of nitrogens with one attached hydrogen (secondary N) is 1. The predicted octanol–water partition coefficient (Wildman–Crippen LogP) is 5.77. The summed E-state index contributed by atoms with van der Waals surface area (Å²) in [6.07, 6.45) is 3.34. The molecule has 36 heavy (non-hydrogen) atoms. The van der Waals surface area contributed by atoms with Crippen LogP contribution >= 0.6 is 12.4 Å². The first-order chi connectivity index (χ1) is 17.1. The van der Waals surface area contributed by atoms with Gasteiger partial charge in [0.1, 0.15) is 11.6 Å². The third-order valence-corrected chi connectivity index (χ3v) is 6.37. The number of carboxylic acid groups (broad SMARTS) is 1. The van der Waals surface area contributed by atoms with Crippen molar-refractivity contribution in [2.24, 2.45) is 4.99 Å². The van der Waals surface area contributed by atoms with Gasteiger partial charge in [0.25, 0.3) is 0 Å². The topological polar surface area (TPSA) is 83.8 Å². The van der Waals surface area contributed by atoms with Crippen LogP contribution in [0.3, 0.4) is 0 Å². The zero-order valence-electron chi connectivity index (χ0n) is 20.0. The Bertz CT molecular complexity index is 1410. The minimum atomic E-state index is -0.821. The Morgan fingerprint density at radius 2 is 1.89 bits per heavy atom. The summed E-state index contributed by atoms with van der Waals surface area (Å²) >= 11 is 0. The first-order valence-electron chi connectivity index (χ1n) is 11.8. The molecule has 3 heterocycles.